The van der Waals surface area contributed by atoms with Gasteiger partial charge in [-0.3, -0.25) is 4.98 Å². The molecular formula is C15H15N3O. The quantitative estimate of drug-likeness (QED) is 0.700. The summed E-state index contributed by atoms with van der Waals surface area (Å²) in [5.41, 5.74) is 8.40. The number of aromatic nitrogens is 1. The van der Waals surface area contributed by atoms with E-state index in [0.29, 0.717) is 0 Å². The second-order valence-electron chi connectivity index (χ2n) is 4.52. The molecule has 0 aliphatic carbocycles. The monoisotopic (exact) mass is 253 g/mol. The second kappa shape index (κ2) is 4.65. The summed E-state index contributed by atoms with van der Waals surface area (Å²) in [4.78, 5) is 4.33. The van der Waals surface area contributed by atoms with Crippen molar-refractivity contribution in [3.63, 3.8) is 0 Å². The Kier molecular flexibility index (Phi) is 2.83. The smallest absolute Gasteiger partial charge is 0.125 e. The molecule has 0 spiro atoms. The maximum atomic E-state index is 5.78. The Morgan fingerprint density at radius 1 is 1.26 bits per heavy atom. The zero-order valence-electron chi connectivity index (χ0n) is 10.6. The van der Waals surface area contributed by atoms with Crippen LogP contribution in [0.1, 0.15) is 18.7 Å². The van der Waals surface area contributed by atoms with Gasteiger partial charge in [-0.1, -0.05) is 0 Å². The molecule has 96 valence electrons. The summed E-state index contributed by atoms with van der Waals surface area (Å²) in [6, 6.07) is 11.6. The van der Waals surface area contributed by atoms with Gasteiger partial charge < -0.3 is 15.5 Å². The van der Waals surface area contributed by atoms with Gasteiger partial charge in [0.05, 0.1) is 17.8 Å². The average molecular weight is 253 g/mol. The highest BCUT2D eigenvalue weighted by atomic mass is 16.3. The fraction of sp³-hybridized carbons (Fsp3) is 0.133. The number of fused-ring (bicyclic) bond motifs is 1. The highest BCUT2D eigenvalue weighted by Crippen LogP contribution is 2.27. The van der Waals surface area contributed by atoms with Gasteiger partial charge in [-0.15, -0.1) is 0 Å². The standard InChI is InChI=1S/C15H15N3O/c1-10(15-3-2-8-19-15)18-13-6-7-17-14-9-11(16)4-5-12(13)14/h2-10H,16H2,1H3,(H,17,18). The van der Waals surface area contributed by atoms with Gasteiger partial charge in [-0.25, -0.2) is 0 Å². The topological polar surface area (TPSA) is 64.1 Å². The fourth-order valence-corrected chi connectivity index (χ4v) is 2.13. The first kappa shape index (κ1) is 11.6. The number of hydrogen-bond donors (Lipinski definition) is 2. The first-order valence-electron chi connectivity index (χ1n) is 6.18. The summed E-state index contributed by atoms with van der Waals surface area (Å²) in [6.07, 6.45) is 3.46. The highest BCUT2D eigenvalue weighted by Gasteiger charge is 2.10. The molecule has 0 radical (unpaired) electrons. The van der Waals surface area contributed by atoms with Crippen molar-refractivity contribution < 1.29 is 4.42 Å². The third-order valence-electron chi connectivity index (χ3n) is 3.11. The van der Waals surface area contributed by atoms with Crippen LogP contribution in [0.25, 0.3) is 10.9 Å². The normalized spacial score (nSPS) is 12.5. The van der Waals surface area contributed by atoms with E-state index in [1.165, 1.54) is 0 Å². The SMILES string of the molecule is CC(Nc1ccnc2cc(N)ccc12)c1ccco1. The Balaban J connectivity index is 1.97. The summed E-state index contributed by atoms with van der Waals surface area (Å²) in [6.45, 7) is 2.06. The number of rotatable bonds is 3. The molecule has 3 N–H and O–H groups in total. The number of furan rings is 1. The number of nitrogens with zero attached hydrogens (tertiary/aromatic N) is 1. The molecule has 3 rings (SSSR count). The van der Waals surface area contributed by atoms with Crippen LogP contribution in [0.3, 0.4) is 0 Å². The Morgan fingerprint density at radius 3 is 2.95 bits per heavy atom. The third-order valence-corrected chi connectivity index (χ3v) is 3.11. The van der Waals surface area contributed by atoms with Gasteiger partial charge in [0.15, 0.2) is 0 Å². The van der Waals surface area contributed by atoms with Crippen LogP contribution in [-0.2, 0) is 0 Å². The van der Waals surface area contributed by atoms with Gasteiger partial charge in [-0.2, -0.15) is 0 Å². The molecule has 2 aromatic heterocycles. The lowest BCUT2D eigenvalue weighted by Gasteiger charge is -2.14. The van der Waals surface area contributed by atoms with Gasteiger partial charge in [0.25, 0.3) is 0 Å². The van der Waals surface area contributed by atoms with Crippen LogP contribution in [0.5, 0.6) is 0 Å². The van der Waals surface area contributed by atoms with Crippen molar-refractivity contribution in [3.8, 4) is 0 Å². The van der Waals surface area contributed by atoms with Crippen molar-refractivity contribution in [1.82, 2.24) is 4.98 Å². The van der Waals surface area contributed by atoms with E-state index in [2.05, 4.69) is 17.2 Å². The lowest BCUT2D eigenvalue weighted by Crippen LogP contribution is -2.06. The van der Waals surface area contributed by atoms with Crippen molar-refractivity contribution in [3.05, 3.63) is 54.6 Å². The number of nitrogens with one attached hydrogen (secondary N) is 1. The average Bonchev–Trinajstić information content (AvgIpc) is 2.92. The van der Waals surface area contributed by atoms with E-state index in [4.69, 9.17) is 10.2 Å². The van der Waals surface area contributed by atoms with Crippen molar-refractivity contribution in [2.45, 2.75) is 13.0 Å². The lowest BCUT2D eigenvalue weighted by molar-refractivity contribution is 0.491. The van der Waals surface area contributed by atoms with Crippen LogP contribution in [0, 0.1) is 0 Å². The van der Waals surface area contributed by atoms with E-state index in [-0.39, 0.29) is 6.04 Å². The number of anilines is 2. The van der Waals surface area contributed by atoms with Crippen LogP contribution in [0.15, 0.2) is 53.3 Å². The highest BCUT2D eigenvalue weighted by molar-refractivity contribution is 5.92. The van der Waals surface area contributed by atoms with Gasteiger partial charge in [0.1, 0.15) is 5.76 Å². The first-order valence-corrected chi connectivity index (χ1v) is 6.18. The number of pyridine rings is 1. The molecular weight excluding hydrogens is 238 g/mol. The molecule has 0 saturated carbocycles. The van der Waals surface area contributed by atoms with Gasteiger partial charge >= 0.3 is 0 Å². The van der Waals surface area contributed by atoms with Gasteiger partial charge in [0, 0.05) is 23.0 Å². The predicted molar refractivity (Wildman–Crippen MR) is 76.9 cm³/mol. The summed E-state index contributed by atoms with van der Waals surface area (Å²) in [5, 5.41) is 4.48. The van der Waals surface area contributed by atoms with E-state index >= 15 is 0 Å². The number of benzene rings is 1. The van der Waals surface area contributed by atoms with Crippen molar-refractivity contribution in [2.75, 3.05) is 11.1 Å². The molecule has 4 nitrogen and oxygen atoms in total. The molecule has 1 unspecified atom stereocenters. The lowest BCUT2D eigenvalue weighted by atomic mass is 10.1. The molecule has 0 bridgehead atoms. The third kappa shape index (κ3) is 2.25. The predicted octanol–water partition coefficient (Wildman–Crippen LogP) is 3.58. The summed E-state index contributed by atoms with van der Waals surface area (Å²) in [5.74, 6) is 0.903. The van der Waals surface area contributed by atoms with E-state index < -0.39 is 0 Å². The fourth-order valence-electron chi connectivity index (χ4n) is 2.13. The molecule has 1 aromatic carbocycles. The van der Waals surface area contributed by atoms with Crippen LogP contribution < -0.4 is 11.1 Å². The number of hydrogen-bond acceptors (Lipinski definition) is 4. The van der Waals surface area contributed by atoms with Gasteiger partial charge in [-0.05, 0) is 43.3 Å². The van der Waals surface area contributed by atoms with E-state index in [1.54, 1.807) is 12.5 Å². The van der Waals surface area contributed by atoms with E-state index in [9.17, 15) is 0 Å². The maximum Gasteiger partial charge on any atom is 0.125 e. The molecule has 3 aromatic rings. The Hall–Kier alpha value is -2.49. The van der Waals surface area contributed by atoms with Gasteiger partial charge in [0.2, 0.25) is 0 Å². The molecule has 1 atom stereocenters. The second-order valence-corrected chi connectivity index (χ2v) is 4.52. The molecule has 19 heavy (non-hydrogen) atoms. The summed E-state index contributed by atoms with van der Waals surface area (Å²) in [7, 11) is 0. The largest absolute Gasteiger partial charge is 0.467 e. The molecule has 0 amide bonds. The zero-order valence-corrected chi connectivity index (χ0v) is 10.6. The van der Waals surface area contributed by atoms with Crippen molar-refractivity contribution in [1.29, 1.82) is 0 Å². The van der Waals surface area contributed by atoms with Crippen molar-refractivity contribution in [2.24, 2.45) is 0 Å². The molecule has 4 heteroatoms. The number of nitrogen functional groups attached to an aromatic ring is 1. The Labute approximate surface area is 111 Å². The molecule has 0 fully saturated rings. The Morgan fingerprint density at radius 2 is 2.16 bits per heavy atom. The summed E-state index contributed by atoms with van der Waals surface area (Å²) >= 11 is 0. The van der Waals surface area contributed by atoms with E-state index in [1.807, 2.05) is 36.4 Å². The van der Waals surface area contributed by atoms with Crippen molar-refractivity contribution >= 4 is 22.3 Å². The molecule has 0 aliphatic heterocycles. The first-order chi connectivity index (χ1) is 9.24. The minimum Gasteiger partial charge on any atom is -0.467 e. The molecule has 2 heterocycles. The minimum atomic E-state index is 0.0955. The van der Waals surface area contributed by atoms with E-state index in [0.717, 1.165) is 28.0 Å². The van der Waals surface area contributed by atoms with Crippen LogP contribution in [0.4, 0.5) is 11.4 Å². The zero-order chi connectivity index (χ0) is 13.2. The van der Waals surface area contributed by atoms with Crippen LogP contribution >= 0.6 is 0 Å². The molecule has 0 aliphatic rings. The molecule has 0 saturated heterocycles. The minimum absolute atomic E-state index is 0.0955. The van der Waals surface area contributed by atoms with Crippen LogP contribution in [0.2, 0.25) is 0 Å². The summed E-state index contributed by atoms with van der Waals surface area (Å²) < 4.78 is 5.40. The Bertz CT molecular complexity index is 692. The van der Waals surface area contributed by atoms with Crippen LogP contribution in [-0.4, -0.2) is 4.98 Å². The maximum absolute atomic E-state index is 5.78. The number of nitrogens with two attached hydrogens (primary N) is 1.